The monoisotopic (exact) mass is 444 g/mol. The van der Waals surface area contributed by atoms with E-state index in [9.17, 15) is 14.4 Å². The second-order valence-electron chi connectivity index (χ2n) is 9.01. The number of carbonyl (C=O) groups is 3. The fourth-order valence-corrected chi connectivity index (χ4v) is 4.92. The lowest BCUT2D eigenvalue weighted by Crippen LogP contribution is -2.42. The van der Waals surface area contributed by atoms with Gasteiger partial charge in [-0.25, -0.2) is 4.79 Å². The van der Waals surface area contributed by atoms with Gasteiger partial charge in [0.05, 0.1) is 6.04 Å². The molecule has 2 aromatic carbocycles. The SMILES string of the molecule is C[C@@H](NC(=O)CN1C(=O)N[C@H](Cc2c[nH]c3ccccc23)C1=O)c1ccc2c(c1)CCCC2. The Kier molecular flexibility index (Phi) is 5.62. The highest BCUT2D eigenvalue weighted by Gasteiger charge is 2.39. The third kappa shape index (κ3) is 4.23. The van der Waals surface area contributed by atoms with Gasteiger partial charge in [0.15, 0.2) is 0 Å². The molecule has 2 atom stereocenters. The molecule has 3 N–H and O–H groups in total. The molecule has 7 nitrogen and oxygen atoms in total. The molecular formula is C26H28N4O3. The Labute approximate surface area is 192 Å². The Hall–Kier alpha value is -3.61. The molecule has 1 saturated heterocycles. The van der Waals surface area contributed by atoms with Crippen molar-refractivity contribution in [3.8, 4) is 0 Å². The number of hydrogen-bond acceptors (Lipinski definition) is 3. The van der Waals surface area contributed by atoms with E-state index in [4.69, 9.17) is 0 Å². The van der Waals surface area contributed by atoms with E-state index < -0.39 is 12.1 Å². The predicted octanol–water partition coefficient (Wildman–Crippen LogP) is 3.39. The predicted molar refractivity (Wildman–Crippen MR) is 126 cm³/mol. The smallest absolute Gasteiger partial charge is 0.325 e. The van der Waals surface area contributed by atoms with Crippen LogP contribution in [0.5, 0.6) is 0 Å². The minimum absolute atomic E-state index is 0.201. The number of amides is 4. The molecule has 33 heavy (non-hydrogen) atoms. The van der Waals surface area contributed by atoms with Crippen molar-refractivity contribution in [3.05, 3.63) is 70.9 Å². The highest BCUT2D eigenvalue weighted by atomic mass is 16.2. The van der Waals surface area contributed by atoms with Crippen molar-refractivity contribution in [2.24, 2.45) is 0 Å². The van der Waals surface area contributed by atoms with Crippen LogP contribution in [0.3, 0.4) is 0 Å². The van der Waals surface area contributed by atoms with Gasteiger partial charge < -0.3 is 15.6 Å². The molecule has 5 rings (SSSR count). The molecule has 1 aliphatic heterocycles. The number of aryl methyl sites for hydroxylation is 2. The Morgan fingerprint density at radius 2 is 1.91 bits per heavy atom. The molecule has 0 bridgehead atoms. The van der Waals surface area contributed by atoms with Crippen LogP contribution in [-0.4, -0.2) is 40.3 Å². The number of para-hydroxylation sites is 1. The number of aromatic amines is 1. The first kappa shape index (κ1) is 21.2. The summed E-state index contributed by atoms with van der Waals surface area (Å²) in [6.45, 7) is 1.64. The number of imide groups is 1. The molecule has 170 valence electrons. The Morgan fingerprint density at radius 1 is 1.12 bits per heavy atom. The van der Waals surface area contributed by atoms with Crippen LogP contribution < -0.4 is 10.6 Å². The average molecular weight is 445 g/mol. The van der Waals surface area contributed by atoms with E-state index in [1.807, 2.05) is 37.4 Å². The fraction of sp³-hybridized carbons (Fsp3) is 0.346. The maximum Gasteiger partial charge on any atom is 0.325 e. The van der Waals surface area contributed by atoms with Crippen LogP contribution in [0.15, 0.2) is 48.7 Å². The molecule has 2 aliphatic rings. The van der Waals surface area contributed by atoms with Crippen LogP contribution in [0.1, 0.15) is 48.1 Å². The number of aromatic nitrogens is 1. The van der Waals surface area contributed by atoms with Crippen LogP contribution >= 0.6 is 0 Å². The van der Waals surface area contributed by atoms with Crippen molar-refractivity contribution >= 4 is 28.7 Å². The zero-order valence-corrected chi connectivity index (χ0v) is 18.7. The van der Waals surface area contributed by atoms with Crippen molar-refractivity contribution in [1.82, 2.24) is 20.5 Å². The lowest BCUT2D eigenvalue weighted by atomic mass is 9.89. The molecule has 1 fully saturated rings. The van der Waals surface area contributed by atoms with Gasteiger partial charge in [0.25, 0.3) is 5.91 Å². The first-order valence-electron chi connectivity index (χ1n) is 11.6. The minimum atomic E-state index is -0.678. The number of carbonyl (C=O) groups excluding carboxylic acids is 3. The number of fused-ring (bicyclic) bond motifs is 2. The topological polar surface area (TPSA) is 94.3 Å². The van der Waals surface area contributed by atoms with E-state index in [2.05, 4.69) is 33.8 Å². The molecule has 0 spiro atoms. The third-order valence-electron chi connectivity index (χ3n) is 6.76. The summed E-state index contributed by atoms with van der Waals surface area (Å²) < 4.78 is 0. The van der Waals surface area contributed by atoms with Crippen molar-refractivity contribution in [3.63, 3.8) is 0 Å². The van der Waals surface area contributed by atoms with Gasteiger partial charge in [-0.3, -0.25) is 14.5 Å². The van der Waals surface area contributed by atoms with Gasteiger partial charge in [0.2, 0.25) is 5.91 Å². The molecule has 1 aromatic heterocycles. The van der Waals surface area contributed by atoms with E-state index in [-0.39, 0.29) is 24.4 Å². The normalized spacial score (nSPS) is 18.8. The van der Waals surface area contributed by atoms with Crippen LogP contribution in [-0.2, 0) is 28.9 Å². The number of urea groups is 1. The molecule has 3 aromatic rings. The van der Waals surface area contributed by atoms with Gasteiger partial charge in [0, 0.05) is 23.5 Å². The van der Waals surface area contributed by atoms with E-state index in [0.717, 1.165) is 39.8 Å². The first-order valence-corrected chi connectivity index (χ1v) is 11.6. The summed E-state index contributed by atoms with van der Waals surface area (Å²) in [7, 11) is 0. The maximum atomic E-state index is 12.9. The lowest BCUT2D eigenvalue weighted by Gasteiger charge is -2.21. The van der Waals surface area contributed by atoms with Crippen LogP contribution in [0, 0.1) is 0 Å². The largest absolute Gasteiger partial charge is 0.361 e. The molecule has 0 radical (unpaired) electrons. The van der Waals surface area contributed by atoms with Gasteiger partial charge in [-0.15, -0.1) is 0 Å². The van der Waals surface area contributed by atoms with E-state index in [0.29, 0.717) is 6.42 Å². The number of hydrogen-bond donors (Lipinski definition) is 3. The first-order chi connectivity index (χ1) is 16.0. The second-order valence-corrected chi connectivity index (χ2v) is 9.01. The lowest BCUT2D eigenvalue weighted by molar-refractivity contribution is -0.132. The van der Waals surface area contributed by atoms with Gasteiger partial charge in [-0.1, -0.05) is 36.4 Å². The maximum absolute atomic E-state index is 12.9. The Balaban J connectivity index is 1.21. The Morgan fingerprint density at radius 3 is 2.76 bits per heavy atom. The van der Waals surface area contributed by atoms with Crippen LogP contribution in [0.25, 0.3) is 10.9 Å². The Bertz CT molecular complexity index is 1230. The number of nitrogens with zero attached hydrogens (tertiary/aromatic N) is 1. The minimum Gasteiger partial charge on any atom is -0.361 e. The summed E-state index contributed by atoms with van der Waals surface area (Å²) in [4.78, 5) is 42.2. The molecular weight excluding hydrogens is 416 g/mol. The number of benzene rings is 2. The summed E-state index contributed by atoms with van der Waals surface area (Å²) in [5.41, 5.74) is 5.73. The number of rotatable bonds is 6. The summed E-state index contributed by atoms with van der Waals surface area (Å²) in [5.74, 6) is -0.724. The van der Waals surface area contributed by atoms with E-state index >= 15 is 0 Å². The highest BCUT2D eigenvalue weighted by molar-refractivity contribution is 6.06. The third-order valence-corrected chi connectivity index (χ3v) is 6.76. The van der Waals surface area contributed by atoms with Crippen molar-refractivity contribution < 1.29 is 14.4 Å². The van der Waals surface area contributed by atoms with Gasteiger partial charge >= 0.3 is 6.03 Å². The van der Waals surface area contributed by atoms with Crippen molar-refractivity contribution in [1.29, 1.82) is 0 Å². The molecule has 7 heteroatoms. The van der Waals surface area contributed by atoms with Crippen molar-refractivity contribution in [2.75, 3.05) is 6.54 Å². The van der Waals surface area contributed by atoms with E-state index in [1.165, 1.54) is 24.0 Å². The number of nitrogens with one attached hydrogen (secondary N) is 3. The molecule has 0 unspecified atom stereocenters. The zero-order valence-electron chi connectivity index (χ0n) is 18.7. The fourth-order valence-electron chi connectivity index (χ4n) is 4.92. The molecule has 1 aliphatic carbocycles. The quantitative estimate of drug-likeness (QED) is 0.509. The van der Waals surface area contributed by atoms with Gasteiger partial charge in [-0.2, -0.15) is 0 Å². The molecule has 2 heterocycles. The summed E-state index contributed by atoms with van der Waals surface area (Å²) in [6.07, 6.45) is 6.85. The van der Waals surface area contributed by atoms with Crippen LogP contribution in [0.4, 0.5) is 4.79 Å². The number of H-pyrrole nitrogens is 1. The molecule has 4 amide bonds. The van der Waals surface area contributed by atoms with Crippen LogP contribution in [0.2, 0.25) is 0 Å². The van der Waals surface area contributed by atoms with Gasteiger partial charge in [0.1, 0.15) is 12.6 Å². The molecule has 0 saturated carbocycles. The summed E-state index contributed by atoms with van der Waals surface area (Å²) in [6, 6.07) is 12.8. The standard InChI is InChI=1S/C26H28N4O3/c1-16(18-11-10-17-6-2-3-7-19(17)12-18)28-24(31)15-30-25(32)23(29-26(30)33)13-20-14-27-22-9-5-4-8-21(20)22/h4-5,8-12,14,16,23,27H,2-3,6-7,13,15H2,1H3,(H,28,31)(H,29,33)/t16-,23-/m1/s1. The summed E-state index contributed by atoms with van der Waals surface area (Å²) in [5, 5.41) is 6.69. The second kappa shape index (κ2) is 8.73. The van der Waals surface area contributed by atoms with Gasteiger partial charge in [-0.05, 0) is 60.9 Å². The van der Waals surface area contributed by atoms with E-state index in [1.54, 1.807) is 0 Å². The van der Waals surface area contributed by atoms with Crippen molar-refractivity contribution in [2.45, 2.75) is 51.1 Å². The highest BCUT2D eigenvalue weighted by Crippen LogP contribution is 2.25. The summed E-state index contributed by atoms with van der Waals surface area (Å²) >= 11 is 0. The zero-order chi connectivity index (χ0) is 22.9. The average Bonchev–Trinajstić information content (AvgIpc) is 3.35.